The minimum atomic E-state index is -0.107. The molecule has 0 aliphatic heterocycles. The Morgan fingerprint density at radius 3 is 2.06 bits per heavy atom. The van der Waals surface area contributed by atoms with Gasteiger partial charge < -0.3 is 20.9 Å². The molecule has 0 bridgehead atoms. The van der Waals surface area contributed by atoms with E-state index in [0.717, 1.165) is 35.5 Å². The molecule has 0 radical (unpaired) electrons. The molecule has 4 nitrogen and oxygen atoms in total. The number of hydrogen-bond donors (Lipinski definition) is 2. The average molecular weight is 275 g/mol. The van der Waals surface area contributed by atoms with Gasteiger partial charge in [0.1, 0.15) is 11.5 Å². The Balaban J connectivity index is 0.00000289. The van der Waals surface area contributed by atoms with Crippen LogP contribution < -0.4 is 20.9 Å². The van der Waals surface area contributed by atoms with Gasteiger partial charge in [-0.05, 0) is 44.0 Å². The lowest BCUT2D eigenvalue weighted by atomic mass is 9.99. The summed E-state index contributed by atoms with van der Waals surface area (Å²) in [5.74, 6) is 1.57. The van der Waals surface area contributed by atoms with Gasteiger partial charge in [0, 0.05) is 6.04 Å². The molecular weight excluding hydrogens is 252 g/mol. The van der Waals surface area contributed by atoms with E-state index in [1.807, 2.05) is 19.1 Å². The number of aryl methyl sites for hydroxylation is 1. The van der Waals surface area contributed by atoms with Gasteiger partial charge >= 0.3 is 0 Å². The normalized spacial score (nSPS) is 11.6. The maximum Gasteiger partial charge on any atom is 0.127 e. The molecule has 0 spiro atoms. The number of nitrogens with two attached hydrogens (primary N) is 2. The second kappa shape index (κ2) is 8.19. The van der Waals surface area contributed by atoms with Crippen molar-refractivity contribution in [3.63, 3.8) is 0 Å². The van der Waals surface area contributed by atoms with Crippen molar-refractivity contribution in [3.05, 3.63) is 23.3 Å². The zero-order valence-corrected chi connectivity index (χ0v) is 12.0. The van der Waals surface area contributed by atoms with Gasteiger partial charge in [0.2, 0.25) is 0 Å². The molecule has 0 heterocycles. The highest BCUT2D eigenvalue weighted by atomic mass is 35.5. The van der Waals surface area contributed by atoms with Crippen molar-refractivity contribution in [2.24, 2.45) is 11.5 Å². The molecule has 5 heteroatoms. The molecule has 4 N–H and O–H groups in total. The first kappa shape index (κ1) is 17.0. The SMILES string of the molecule is COc1cc(C)cc(OC)c1[C@@H](N)CCCN.Cl. The van der Waals surface area contributed by atoms with Crippen molar-refractivity contribution in [1.82, 2.24) is 0 Å². The Morgan fingerprint density at radius 1 is 1.17 bits per heavy atom. The summed E-state index contributed by atoms with van der Waals surface area (Å²) in [5, 5.41) is 0. The van der Waals surface area contributed by atoms with Crippen LogP contribution in [0.4, 0.5) is 0 Å². The van der Waals surface area contributed by atoms with E-state index in [0.29, 0.717) is 6.54 Å². The standard InChI is InChI=1S/C13H22N2O2.ClH/c1-9-7-11(16-2)13(12(8-9)17-3)10(15)5-4-6-14;/h7-8,10H,4-6,14-15H2,1-3H3;1H/t10-;/m0./s1. The highest BCUT2D eigenvalue weighted by Crippen LogP contribution is 2.36. The van der Waals surface area contributed by atoms with Gasteiger partial charge in [-0.3, -0.25) is 0 Å². The van der Waals surface area contributed by atoms with Crippen LogP contribution in [-0.4, -0.2) is 20.8 Å². The van der Waals surface area contributed by atoms with E-state index in [4.69, 9.17) is 20.9 Å². The van der Waals surface area contributed by atoms with Gasteiger partial charge in [0.25, 0.3) is 0 Å². The summed E-state index contributed by atoms with van der Waals surface area (Å²) >= 11 is 0. The molecule has 1 aromatic rings. The van der Waals surface area contributed by atoms with Crippen molar-refractivity contribution < 1.29 is 9.47 Å². The van der Waals surface area contributed by atoms with Gasteiger partial charge in [-0.15, -0.1) is 12.4 Å². The maximum absolute atomic E-state index is 6.17. The molecule has 0 fully saturated rings. The van der Waals surface area contributed by atoms with Crippen molar-refractivity contribution in [3.8, 4) is 11.5 Å². The van der Waals surface area contributed by atoms with Crippen LogP contribution in [0.25, 0.3) is 0 Å². The largest absolute Gasteiger partial charge is 0.496 e. The lowest BCUT2D eigenvalue weighted by Crippen LogP contribution is -2.15. The van der Waals surface area contributed by atoms with Crippen LogP contribution in [0.3, 0.4) is 0 Å². The number of ether oxygens (including phenoxy) is 2. The highest BCUT2D eigenvalue weighted by Gasteiger charge is 2.17. The van der Waals surface area contributed by atoms with E-state index in [1.165, 1.54) is 0 Å². The van der Waals surface area contributed by atoms with Gasteiger partial charge in [-0.25, -0.2) is 0 Å². The molecule has 0 amide bonds. The van der Waals surface area contributed by atoms with E-state index >= 15 is 0 Å². The second-order valence-corrected chi connectivity index (χ2v) is 4.12. The van der Waals surface area contributed by atoms with E-state index < -0.39 is 0 Å². The van der Waals surface area contributed by atoms with E-state index in [1.54, 1.807) is 14.2 Å². The molecule has 0 saturated heterocycles. The second-order valence-electron chi connectivity index (χ2n) is 4.12. The molecule has 1 atom stereocenters. The molecule has 0 unspecified atom stereocenters. The first-order chi connectivity index (χ1) is 8.13. The quantitative estimate of drug-likeness (QED) is 0.834. The van der Waals surface area contributed by atoms with Gasteiger partial charge in [0.05, 0.1) is 19.8 Å². The summed E-state index contributed by atoms with van der Waals surface area (Å²) in [6, 6.07) is 3.84. The Kier molecular flexibility index (Phi) is 7.75. The Hall–Kier alpha value is -0.970. The van der Waals surface area contributed by atoms with Crippen LogP contribution >= 0.6 is 12.4 Å². The molecule has 0 aromatic heterocycles. The van der Waals surface area contributed by atoms with Crippen LogP contribution in [0.1, 0.15) is 30.0 Å². The summed E-state index contributed by atoms with van der Waals surface area (Å²) in [6.07, 6.45) is 1.72. The zero-order valence-electron chi connectivity index (χ0n) is 11.2. The van der Waals surface area contributed by atoms with E-state index in [9.17, 15) is 0 Å². The zero-order chi connectivity index (χ0) is 12.8. The van der Waals surface area contributed by atoms with Crippen LogP contribution in [0.15, 0.2) is 12.1 Å². The Bertz CT molecular complexity index is 347. The fraction of sp³-hybridized carbons (Fsp3) is 0.538. The predicted octanol–water partition coefficient (Wildman–Crippen LogP) is 2.17. The summed E-state index contributed by atoms with van der Waals surface area (Å²) in [6.45, 7) is 2.64. The van der Waals surface area contributed by atoms with Crippen LogP contribution in [0.2, 0.25) is 0 Å². The highest BCUT2D eigenvalue weighted by molar-refractivity contribution is 5.85. The number of methoxy groups -OCH3 is 2. The molecule has 0 aliphatic carbocycles. The molecule has 1 rings (SSSR count). The smallest absolute Gasteiger partial charge is 0.127 e. The van der Waals surface area contributed by atoms with Crippen molar-refractivity contribution in [2.45, 2.75) is 25.8 Å². The molecule has 0 saturated carbocycles. The molecule has 104 valence electrons. The van der Waals surface area contributed by atoms with Gasteiger partial charge in [-0.2, -0.15) is 0 Å². The van der Waals surface area contributed by atoms with E-state index in [2.05, 4.69) is 0 Å². The van der Waals surface area contributed by atoms with Crippen molar-refractivity contribution in [1.29, 1.82) is 0 Å². The summed E-state index contributed by atoms with van der Waals surface area (Å²) in [4.78, 5) is 0. The number of halogens is 1. The lowest BCUT2D eigenvalue weighted by Gasteiger charge is -2.19. The third-order valence-corrected chi connectivity index (χ3v) is 2.78. The van der Waals surface area contributed by atoms with E-state index in [-0.39, 0.29) is 18.4 Å². The topological polar surface area (TPSA) is 70.5 Å². The van der Waals surface area contributed by atoms with Crippen LogP contribution in [0, 0.1) is 6.92 Å². The fourth-order valence-electron chi connectivity index (χ4n) is 1.92. The minimum Gasteiger partial charge on any atom is -0.496 e. The first-order valence-corrected chi connectivity index (χ1v) is 5.82. The van der Waals surface area contributed by atoms with Crippen LogP contribution in [-0.2, 0) is 0 Å². The lowest BCUT2D eigenvalue weighted by molar-refractivity contribution is 0.376. The third kappa shape index (κ3) is 4.05. The molecule has 0 aliphatic rings. The molecule has 1 aromatic carbocycles. The number of hydrogen-bond acceptors (Lipinski definition) is 4. The third-order valence-electron chi connectivity index (χ3n) is 2.78. The van der Waals surface area contributed by atoms with Crippen molar-refractivity contribution >= 4 is 12.4 Å². The summed E-state index contributed by atoms with van der Waals surface area (Å²) in [5.41, 5.74) is 13.7. The summed E-state index contributed by atoms with van der Waals surface area (Å²) < 4.78 is 10.8. The first-order valence-electron chi connectivity index (χ1n) is 5.82. The minimum absolute atomic E-state index is 0. The van der Waals surface area contributed by atoms with Crippen molar-refractivity contribution in [2.75, 3.05) is 20.8 Å². The predicted molar refractivity (Wildman–Crippen MR) is 76.7 cm³/mol. The van der Waals surface area contributed by atoms with Crippen LogP contribution in [0.5, 0.6) is 11.5 Å². The fourth-order valence-corrected chi connectivity index (χ4v) is 1.92. The summed E-state index contributed by atoms with van der Waals surface area (Å²) in [7, 11) is 3.29. The molecular formula is C13H23ClN2O2. The Labute approximate surface area is 115 Å². The van der Waals surface area contributed by atoms with Gasteiger partial charge in [-0.1, -0.05) is 0 Å². The average Bonchev–Trinajstić information content (AvgIpc) is 2.34. The number of benzene rings is 1. The van der Waals surface area contributed by atoms with Gasteiger partial charge in [0.15, 0.2) is 0 Å². The number of rotatable bonds is 6. The monoisotopic (exact) mass is 274 g/mol. The Morgan fingerprint density at radius 2 is 1.67 bits per heavy atom. The molecule has 18 heavy (non-hydrogen) atoms. The maximum atomic E-state index is 6.17.